The predicted octanol–water partition coefficient (Wildman–Crippen LogP) is 1.53. The van der Waals surface area contributed by atoms with Crippen molar-refractivity contribution in [2.45, 2.75) is 0 Å². The van der Waals surface area contributed by atoms with E-state index in [-0.39, 0.29) is 12.3 Å². The van der Waals surface area contributed by atoms with Gasteiger partial charge in [-0.3, -0.25) is 9.69 Å². The maximum Gasteiger partial charge on any atom is 0.343 e. The molecule has 0 aromatic heterocycles. The fourth-order valence-electron chi connectivity index (χ4n) is 1.91. The Labute approximate surface area is 146 Å². The smallest absolute Gasteiger partial charge is 0.343 e. The van der Waals surface area contributed by atoms with Crippen LogP contribution in [0.25, 0.3) is 6.08 Å². The molecule has 3 amide bonds. The molecule has 1 fully saturated rings. The molecule has 24 heavy (non-hydrogen) atoms. The summed E-state index contributed by atoms with van der Waals surface area (Å²) in [6, 6.07) is 2.72. The highest BCUT2D eigenvalue weighted by Gasteiger charge is 2.30. The first-order valence-electron chi connectivity index (χ1n) is 6.75. The minimum Gasteiger partial charge on any atom is -0.493 e. The number of rotatable bonds is 5. The van der Waals surface area contributed by atoms with E-state index in [4.69, 9.17) is 9.47 Å². The van der Waals surface area contributed by atoms with Gasteiger partial charge in [-0.05, 0) is 23.8 Å². The normalized spacial score (nSPS) is 15.5. The third kappa shape index (κ3) is 3.67. The Morgan fingerprint density at radius 3 is 2.54 bits per heavy atom. The predicted molar refractivity (Wildman–Crippen MR) is 87.5 cm³/mol. The zero-order valence-electron chi connectivity index (χ0n) is 13.2. The van der Waals surface area contributed by atoms with E-state index < -0.39 is 17.9 Å². The number of halogens is 1. The first-order valence-corrected chi connectivity index (χ1v) is 7.54. The molecular weight excluding hydrogens is 384 g/mol. The first kappa shape index (κ1) is 17.8. The lowest BCUT2D eigenvalue weighted by Gasteiger charge is -2.12. The van der Waals surface area contributed by atoms with Crippen LogP contribution in [-0.2, 0) is 14.3 Å². The molecular formula is C15H15BrN2O6. The van der Waals surface area contributed by atoms with E-state index in [1.165, 1.54) is 27.3 Å². The molecule has 0 unspecified atom stereocenters. The maximum atomic E-state index is 11.9. The number of likely N-dealkylation sites (N-methyl/N-ethyl adjacent to an activating group) is 1. The highest BCUT2D eigenvalue weighted by molar-refractivity contribution is 9.10. The number of benzene rings is 1. The fraction of sp³-hybridized carbons (Fsp3) is 0.267. The van der Waals surface area contributed by atoms with Gasteiger partial charge in [0.25, 0.3) is 5.91 Å². The number of hydrogen-bond acceptors (Lipinski definition) is 6. The number of carbonyl (C=O) groups is 3. The van der Waals surface area contributed by atoms with Crippen LogP contribution in [0.2, 0.25) is 0 Å². The standard InChI is InChI=1S/C15H15BrN2O6/c1-18-14(20)10(17-15(18)21)4-8-5-11(22-2)12(6-9(8)16)24-7-13(19)23-3/h4-6H,7H2,1-3H3,(H,17,21)/b10-4+. The van der Waals surface area contributed by atoms with E-state index in [1.54, 1.807) is 12.1 Å². The summed E-state index contributed by atoms with van der Waals surface area (Å²) >= 11 is 3.36. The van der Waals surface area contributed by atoms with Gasteiger partial charge in [0.2, 0.25) is 0 Å². The lowest BCUT2D eigenvalue weighted by molar-refractivity contribution is -0.142. The highest BCUT2D eigenvalue weighted by Crippen LogP contribution is 2.34. The number of esters is 1. The van der Waals surface area contributed by atoms with Crippen molar-refractivity contribution in [1.82, 2.24) is 10.2 Å². The number of amides is 3. The summed E-state index contributed by atoms with van der Waals surface area (Å²) in [6.07, 6.45) is 1.51. The van der Waals surface area contributed by atoms with E-state index in [1.807, 2.05) is 0 Å². The average molecular weight is 399 g/mol. The Kier molecular flexibility index (Phi) is 5.45. The van der Waals surface area contributed by atoms with E-state index >= 15 is 0 Å². The van der Waals surface area contributed by atoms with Gasteiger partial charge in [-0.25, -0.2) is 9.59 Å². The second-order valence-electron chi connectivity index (χ2n) is 4.74. The Morgan fingerprint density at radius 2 is 2.00 bits per heavy atom. The van der Waals surface area contributed by atoms with Crippen LogP contribution < -0.4 is 14.8 Å². The molecule has 0 saturated carbocycles. The molecule has 0 radical (unpaired) electrons. The Hall–Kier alpha value is -2.55. The number of imide groups is 1. The summed E-state index contributed by atoms with van der Waals surface area (Å²) in [4.78, 5) is 35.5. The van der Waals surface area contributed by atoms with Gasteiger partial charge < -0.3 is 19.5 Å². The zero-order chi connectivity index (χ0) is 17.9. The van der Waals surface area contributed by atoms with E-state index in [2.05, 4.69) is 26.0 Å². The van der Waals surface area contributed by atoms with Crippen molar-refractivity contribution in [2.24, 2.45) is 0 Å². The molecule has 0 bridgehead atoms. The van der Waals surface area contributed by atoms with Crippen molar-refractivity contribution in [2.75, 3.05) is 27.9 Å². The maximum absolute atomic E-state index is 11.9. The largest absolute Gasteiger partial charge is 0.493 e. The summed E-state index contributed by atoms with van der Waals surface area (Å²) in [5.74, 6) is -0.270. The third-order valence-electron chi connectivity index (χ3n) is 3.24. The summed E-state index contributed by atoms with van der Waals surface area (Å²) in [5, 5.41) is 2.47. The van der Waals surface area contributed by atoms with E-state index in [0.717, 1.165) is 4.90 Å². The molecule has 1 aromatic rings. The van der Waals surface area contributed by atoms with Crippen LogP contribution >= 0.6 is 15.9 Å². The molecule has 0 spiro atoms. The molecule has 1 aromatic carbocycles. The monoisotopic (exact) mass is 398 g/mol. The van der Waals surface area contributed by atoms with Crippen LogP contribution in [0.3, 0.4) is 0 Å². The van der Waals surface area contributed by atoms with Crippen LogP contribution in [-0.4, -0.2) is 50.7 Å². The van der Waals surface area contributed by atoms with Crippen molar-refractivity contribution >= 4 is 39.9 Å². The SMILES string of the molecule is COC(=O)COc1cc(Br)c(/C=C2/NC(=O)N(C)C2=O)cc1OC. The zero-order valence-corrected chi connectivity index (χ0v) is 14.8. The van der Waals surface area contributed by atoms with Crippen LogP contribution in [0.5, 0.6) is 11.5 Å². The number of urea groups is 1. The molecule has 0 atom stereocenters. The quantitative estimate of drug-likeness (QED) is 0.459. The number of carbonyl (C=O) groups excluding carboxylic acids is 3. The number of ether oxygens (including phenoxy) is 3. The lowest BCUT2D eigenvalue weighted by Crippen LogP contribution is -2.25. The molecule has 1 saturated heterocycles. The highest BCUT2D eigenvalue weighted by atomic mass is 79.9. The van der Waals surface area contributed by atoms with Gasteiger partial charge in [-0.1, -0.05) is 15.9 Å². The van der Waals surface area contributed by atoms with E-state index in [9.17, 15) is 14.4 Å². The molecule has 1 heterocycles. The number of nitrogens with zero attached hydrogens (tertiary/aromatic N) is 1. The molecule has 1 N–H and O–H groups in total. The van der Waals surface area contributed by atoms with Gasteiger partial charge >= 0.3 is 12.0 Å². The van der Waals surface area contributed by atoms with E-state index in [0.29, 0.717) is 21.5 Å². The van der Waals surface area contributed by atoms with Crippen LogP contribution in [0.15, 0.2) is 22.3 Å². The first-order chi connectivity index (χ1) is 11.4. The van der Waals surface area contributed by atoms with Gasteiger partial charge in [0, 0.05) is 11.5 Å². The Morgan fingerprint density at radius 1 is 1.29 bits per heavy atom. The summed E-state index contributed by atoms with van der Waals surface area (Å²) in [7, 11) is 4.09. The van der Waals surface area contributed by atoms with Gasteiger partial charge in [-0.15, -0.1) is 0 Å². The van der Waals surface area contributed by atoms with Crippen LogP contribution in [0.4, 0.5) is 4.79 Å². The van der Waals surface area contributed by atoms with Gasteiger partial charge in [0.1, 0.15) is 5.70 Å². The molecule has 0 aliphatic carbocycles. The molecule has 128 valence electrons. The summed E-state index contributed by atoms with van der Waals surface area (Å²) in [5.41, 5.74) is 0.740. The average Bonchev–Trinajstić information content (AvgIpc) is 2.81. The lowest BCUT2D eigenvalue weighted by atomic mass is 10.1. The minimum atomic E-state index is -0.526. The third-order valence-corrected chi connectivity index (χ3v) is 3.92. The fourth-order valence-corrected chi connectivity index (χ4v) is 2.34. The second-order valence-corrected chi connectivity index (χ2v) is 5.60. The van der Waals surface area contributed by atoms with Crippen molar-refractivity contribution in [3.05, 3.63) is 27.9 Å². The molecule has 1 aliphatic rings. The van der Waals surface area contributed by atoms with Gasteiger partial charge in [0.05, 0.1) is 14.2 Å². The van der Waals surface area contributed by atoms with Gasteiger partial charge in [0.15, 0.2) is 18.1 Å². The van der Waals surface area contributed by atoms with Crippen molar-refractivity contribution in [3.63, 3.8) is 0 Å². The van der Waals surface area contributed by atoms with Crippen molar-refractivity contribution < 1.29 is 28.6 Å². The topological polar surface area (TPSA) is 94.2 Å². The Balaban J connectivity index is 2.31. The number of hydrogen-bond donors (Lipinski definition) is 1. The minimum absolute atomic E-state index is 0.147. The Bertz CT molecular complexity index is 731. The van der Waals surface area contributed by atoms with Crippen molar-refractivity contribution in [1.29, 1.82) is 0 Å². The summed E-state index contributed by atoms with van der Waals surface area (Å²) in [6.45, 7) is -0.265. The molecule has 8 nitrogen and oxygen atoms in total. The number of nitrogens with one attached hydrogen (secondary N) is 1. The van der Waals surface area contributed by atoms with Crippen molar-refractivity contribution in [3.8, 4) is 11.5 Å². The number of methoxy groups -OCH3 is 2. The second kappa shape index (κ2) is 7.35. The molecule has 2 rings (SSSR count). The molecule has 9 heteroatoms. The van der Waals surface area contributed by atoms with Crippen LogP contribution in [0.1, 0.15) is 5.56 Å². The summed E-state index contributed by atoms with van der Waals surface area (Å²) < 4.78 is 15.7. The van der Waals surface area contributed by atoms with Gasteiger partial charge in [-0.2, -0.15) is 0 Å². The van der Waals surface area contributed by atoms with Crippen LogP contribution in [0, 0.1) is 0 Å². The molecule has 1 aliphatic heterocycles.